The summed E-state index contributed by atoms with van der Waals surface area (Å²) in [5.41, 5.74) is 0. The zero-order valence-electron chi connectivity index (χ0n) is 10.5. The molecule has 20 heavy (non-hydrogen) atoms. The molecule has 1 aromatic carbocycles. The van der Waals surface area contributed by atoms with E-state index in [0.29, 0.717) is 8.95 Å². The highest BCUT2D eigenvalue weighted by molar-refractivity contribution is 9.11. The topological polar surface area (TPSA) is 92.7 Å². The van der Waals surface area contributed by atoms with Crippen molar-refractivity contribution >= 4 is 47.9 Å². The van der Waals surface area contributed by atoms with Gasteiger partial charge in [0, 0.05) is 22.7 Å². The quantitative estimate of drug-likeness (QED) is 0.689. The standard InChI is InChI=1S/C11H13Br2NO5S/c1-19-5-4-9(11(15)16)14-20(17,18)10-6-7(12)2-3-8(10)13/h2-3,6,9,14H,4-5H2,1H3,(H,15,16). The lowest BCUT2D eigenvalue weighted by atomic mass is 10.2. The Labute approximate surface area is 133 Å². The fraction of sp³-hybridized carbons (Fsp3) is 0.364. The lowest BCUT2D eigenvalue weighted by Gasteiger charge is -2.15. The molecule has 1 aromatic rings. The average Bonchev–Trinajstić information content (AvgIpc) is 2.36. The molecule has 0 bridgehead atoms. The number of methoxy groups -OCH3 is 1. The second-order valence-corrected chi connectivity index (χ2v) is 7.32. The van der Waals surface area contributed by atoms with E-state index in [1.54, 1.807) is 12.1 Å². The number of nitrogens with one attached hydrogen (secondary N) is 1. The molecule has 2 N–H and O–H groups in total. The van der Waals surface area contributed by atoms with Gasteiger partial charge in [0.2, 0.25) is 10.0 Å². The Morgan fingerprint density at radius 2 is 2.10 bits per heavy atom. The lowest BCUT2D eigenvalue weighted by Crippen LogP contribution is -2.41. The van der Waals surface area contributed by atoms with Crippen molar-refractivity contribution in [1.29, 1.82) is 0 Å². The summed E-state index contributed by atoms with van der Waals surface area (Å²) in [5.74, 6) is -1.25. The van der Waals surface area contributed by atoms with Crippen LogP contribution in [-0.2, 0) is 19.6 Å². The van der Waals surface area contributed by atoms with Gasteiger partial charge in [-0.05, 0) is 40.5 Å². The number of aliphatic carboxylic acids is 1. The summed E-state index contributed by atoms with van der Waals surface area (Å²) in [6.07, 6.45) is 0.0384. The van der Waals surface area contributed by atoms with Crippen LogP contribution in [0.25, 0.3) is 0 Å². The molecule has 0 aliphatic carbocycles. The molecule has 0 aromatic heterocycles. The van der Waals surface area contributed by atoms with Crippen LogP contribution in [0.5, 0.6) is 0 Å². The summed E-state index contributed by atoms with van der Waals surface area (Å²) in [6, 6.07) is 3.37. The van der Waals surface area contributed by atoms with Crippen LogP contribution in [0.3, 0.4) is 0 Å². The summed E-state index contributed by atoms with van der Waals surface area (Å²) in [5, 5.41) is 9.03. The van der Waals surface area contributed by atoms with Gasteiger partial charge in [0.1, 0.15) is 6.04 Å². The largest absolute Gasteiger partial charge is 0.480 e. The van der Waals surface area contributed by atoms with E-state index >= 15 is 0 Å². The number of carboxylic acids is 1. The third-order valence-corrected chi connectivity index (χ3v) is 5.35. The van der Waals surface area contributed by atoms with E-state index < -0.39 is 22.0 Å². The first-order valence-corrected chi connectivity index (χ1v) is 8.54. The first kappa shape index (κ1) is 17.6. The average molecular weight is 431 g/mol. The Bertz CT molecular complexity index is 590. The fourth-order valence-corrected chi connectivity index (χ4v) is 4.13. The third kappa shape index (κ3) is 4.81. The number of rotatable bonds is 7. The Morgan fingerprint density at radius 3 is 2.65 bits per heavy atom. The van der Waals surface area contributed by atoms with Gasteiger partial charge in [-0.25, -0.2) is 8.42 Å². The maximum atomic E-state index is 12.2. The second-order valence-electron chi connectivity index (χ2n) is 3.87. The van der Waals surface area contributed by atoms with E-state index in [1.807, 2.05) is 0 Å². The molecule has 0 saturated heterocycles. The molecule has 6 nitrogen and oxygen atoms in total. The molecule has 9 heteroatoms. The number of sulfonamides is 1. The number of benzene rings is 1. The first-order chi connectivity index (χ1) is 9.27. The Kier molecular flexibility index (Phi) is 6.59. The molecule has 0 radical (unpaired) electrons. The van der Waals surface area contributed by atoms with Crippen LogP contribution in [0.1, 0.15) is 6.42 Å². The zero-order valence-corrected chi connectivity index (χ0v) is 14.5. The molecule has 0 fully saturated rings. The van der Waals surface area contributed by atoms with E-state index in [0.717, 1.165) is 0 Å². The van der Waals surface area contributed by atoms with E-state index in [2.05, 4.69) is 36.6 Å². The van der Waals surface area contributed by atoms with Gasteiger partial charge >= 0.3 is 5.97 Å². The summed E-state index contributed by atoms with van der Waals surface area (Å²) in [7, 11) is -2.54. The first-order valence-electron chi connectivity index (χ1n) is 5.47. The Morgan fingerprint density at radius 1 is 1.45 bits per heavy atom. The van der Waals surface area contributed by atoms with Crippen molar-refractivity contribution < 1.29 is 23.1 Å². The number of carbonyl (C=O) groups is 1. The van der Waals surface area contributed by atoms with Crippen LogP contribution < -0.4 is 4.72 Å². The van der Waals surface area contributed by atoms with Gasteiger partial charge in [-0.3, -0.25) is 4.79 Å². The van der Waals surface area contributed by atoms with Gasteiger partial charge in [-0.1, -0.05) is 15.9 Å². The molecule has 0 aliphatic heterocycles. The second kappa shape index (κ2) is 7.51. The fourth-order valence-electron chi connectivity index (χ4n) is 1.40. The molecule has 0 amide bonds. The van der Waals surface area contributed by atoms with Crippen LogP contribution in [0.15, 0.2) is 32.0 Å². The van der Waals surface area contributed by atoms with Crippen LogP contribution in [0.2, 0.25) is 0 Å². The molecule has 0 saturated carbocycles. The highest BCUT2D eigenvalue weighted by Crippen LogP contribution is 2.25. The summed E-state index contributed by atoms with van der Waals surface area (Å²) in [4.78, 5) is 11.0. The van der Waals surface area contributed by atoms with Gasteiger partial charge in [-0.2, -0.15) is 4.72 Å². The number of hydrogen-bond donors (Lipinski definition) is 2. The third-order valence-electron chi connectivity index (χ3n) is 2.39. The molecule has 1 unspecified atom stereocenters. The molecule has 112 valence electrons. The number of carboxylic acid groups (broad SMARTS) is 1. The van der Waals surface area contributed by atoms with E-state index in [-0.39, 0.29) is 17.9 Å². The molecule has 1 atom stereocenters. The highest BCUT2D eigenvalue weighted by Gasteiger charge is 2.26. The van der Waals surface area contributed by atoms with Gasteiger partial charge in [0.25, 0.3) is 0 Å². The maximum absolute atomic E-state index is 12.2. The van der Waals surface area contributed by atoms with Crippen LogP contribution in [0.4, 0.5) is 0 Å². The van der Waals surface area contributed by atoms with Gasteiger partial charge in [0.05, 0.1) is 4.90 Å². The Hall–Kier alpha value is -0.480. The predicted octanol–water partition coefficient (Wildman–Crippen LogP) is 1.98. The van der Waals surface area contributed by atoms with Gasteiger partial charge in [0.15, 0.2) is 0 Å². The number of halogens is 2. The minimum Gasteiger partial charge on any atom is -0.480 e. The van der Waals surface area contributed by atoms with Crippen molar-refractivity contribution in [3.05, 3.63) is 27.1 Å². The molecule has 0 spiro atoms. The minimum absolute atomic E-state index is 0.0319. The summed E-state index contributed by atoms with van der Waals surface area (Å²) >= 11 is 6.31. The monoisotopic (exact) mass is 429 g/mol. The smallest absolute Gasteiger partial charge is 0.321 e. The minimum atomic E-state index is -3.95. The zero-order chi connectivity index (χ0) is 15.3. The van der Waals surface area contributed by atoms with Gasteiger partial charge in [-0.15, -0.1) is 0 Å². The van der Waals surface area contributed by atoms with Crippen LogP contribution in [0, 0.1) is 0 Å². The lowest BCUT2D eigenvalue weighted by molar-refractivity contribution is -0.139. The molecular weight excluding hydrogens is 418 g/mol. The molecular formula is C11H13Br2NO5S. The number of ether oxygens (including phenoxy) is 1. The van der Waals surface area contributed by atoms with E-state index in [1.165, 1.54) is 13.2 Å². The van der Waals surface area contributed by atoms with Crippen LogP contribution in [-0.4, -0.2) is 39.3 Å². The molecule has 0 aliphatic rings. The normalized spacial score (nSPS) is 13.2. The maximum Gasteiger partial charge on any atom is 0.321 e. The van der Waals surface area contributed by atoms with E-state index in [4.69, 9.17) is 9.84 Å². The molecule has 0 heterocycles. The van der Waals surface area contributed by atoms with Crippen molar-refractivity contribution in [2.45, 2.75) is 17.4 Å². The highest BCUT2D eigenvalue weighted by atomic mass is 79.9. The van der Waals surface area contributed by atoms with Gasteiger partial charge < -0.3 is 9.84 Å². The van der Waals surface area contributed by atoms with Crippen molar-refractivity contribution in [2.75, 3.05) is 13.7 Å². The molecule has 1 rings (SSSR count). The van der Waals surface area contributed by atoms with Crippen molar-refractivity contribution in [3.63, 3.8) is 0 Å². The SMILES string of the molecule is COCCC(NS(=O)(=O)c1cc(Br)ccc1Br)C(=O)O. The summed E-state index contributed by atoms with van der Waals surface area (Å²) < 4.78 is 32.3. The van der Waals surface area contributed by atoms with Crippen molar-refractivity contribution in [2.24, 2.45) is 0 Å². The van der Waals surface area contributed by atoms with E-state index in [9.17, 15) is 13.2 Å². The predicted molar refractivity (Wildman–Crippen MR) is 80.1 cm³/mol. The van der Waals surface area contributed by atoms with Crippen molar-refractivity contribution in [1.82, 2.24) is 4.72 Å². The summed E-state index contributed by atoms with van der Waals surface area (Å²) in [6.45, 7) is 0.138. The van der Waals surface area contributed by atoms with Crippen molar-refractivity contribution in [3.8, 4) is 0 Å². The Balaban J connectivity index is 3.03. The number of hydrogen-bond acceptors (Lipinski definition) is 4. The van der Waals surface area contributed by atoms with Crippen LogP contribution >= 0.6 is 31.9 Å².